The Morgan fingerprint density at radius 3 is 2.83 bits per heavy atom. The van der Waals surface area contributed by atoms with E-state index in [1.807, 2.05) is 0 Å². The van der Waals surface area contributed by atoms with Gasteiger partial charge in [0.1, 0.15) is 6.04 Å². The first kappa shape index (κ1) is 15.5. The van der Waals surface area contributed by atoms with Crippen molar-refractivity contribution in [2.45, 2.75) is 51.6 Å². The topological polar surface area (TPSA) is 97.1 Å². The number of hydrogen-bond acceptors (Lipinski definition) is 5. The van der Waals surface area contributed by atoms with Crippen molar-refractivity contribution in [3.63, 3.8) is 0 Å². The maximum absolute atomic E-state index is 12.3. The number of pyridine rings is 1. The molecule has 0 unspecified atom stereocenters. The number of nitrogens with one attached hydrogen (secondary N) is 2. The first-order valence-electron chi connectivity index (χ1n) is 7.88. The third-order valence-electron chi connectivity index (χ3n) is 4.21. The lowest BCUT2D eigenvalue weighted by Crippen LogP contribution is -2.47. The smallest absolute Gasteiger partial charge is 0.257 e. The normalized spacial score (nSPS) is 16.4. The Labute approximate surface area is 133 Å². The Bertz CT molecular complexity index is 734. The zero-order valence-electron chi connectivity index (χ0n) is 13.3. The van der Waals surface area contributed by atoms with E-state index in [9.17, 15) is 9.59 Å². The molecule has 0 spiro atoms. The van der Waals surface area contributed by atoms with E-state index in [-0.39, 0.29) is 17.9 Å². The molecule has 0 radical (unpaired) electrons. The highest BCUT2D eigenvalue weighted by molar-refractivity contribution is 5.99. The fourth-order valence-corrected chi connectivity index (χ4v) is 2.81. The van der Waals surface area contributed by atoms with E-state index in [0.29, 0.717) is 22.4 Å². The maximum atomic E-state index is 12.3. The second kappa shape index (κ2) is 6.36. The van der Waals surface area contributed by atoms with Gasteiger partial charge in [0, 0.05) is 12.2 Å². The van der Waals surface area contributed by atoms with Gasteiger partial charge in [0.15, 0.2) is 0 Å². The van der Waals surface area contributed by atoms with E-state index in [2.05, 4.69) is 20.8 Å². The molecule has 2 N–H and O–H groups in total. The highest BCUT2D eigenvalue weighted by Gasteiger charge is 2.22. The lowest BCUT2D eigenvalue weighted by molar-refractivity contribution is -0.123. The van der Waals surface area contributed by atoms with Crippen molar-refractivity contribution in [1.82, 2.24) is 20.8 Å². The molecule has 1 fully saturated rings. The Hall–Kier alpha value is -2.44. The molecular weight excluding hydrogens is 296 g/mol. The van der Waals surface area contributed by atoms with Crippen LogP contribution in [0.3, 0.4) is 0 Å². The van der Waals surface area contributed by atoms with Gasteiger partial charge in [-0.05, 0) is 32.8 Å². The van der Waals surface area contributed by atoms with Crippen molar-refractivity contribution >= 4 is 22.9 Å². The van der Waals surface area contributed by atoms with Crippen molar-refractivity contribution in [3.05, 3.63) is 23.5 Å². The Balaban J connectivity index is 1.64. The fraction of sp³-hybridized carbons (Fsp3) is 0.500. The summed E-state index contributed by atoms with van der Waals surface area (Å²) < 4.78 is 5.02. The van der Waals surface area contributed by atoms with Crippen LogP contribution in [0.4, 0.5) is 0 Å². The van der Waals surface area contributed by atoms with E-state index >= 15 is 0 Å². The van der Waals surface area contributed by atoms with Crippen LogP contribution in [0.25, 0.3) is 11.1 Å². The van der Waals surface area contributed by atoms with Gasteiger partial charge in [-0.1, -0.05) is 18.0 Å². The summed E-state index contributed by atoms with van der Waals surface area (Å²) in [5.41, 5.74) is 1.45. The molecule has 3 rings (SSSR count). The van der Waals surface area contributed by atoms with Crippen LogP contribution in [0.5, 0.6) is 0 Å². The molecule has 7 heteroatoms. The first-order valence-corrected chi connectivity index (χ1v) is 7.88. The number of aryl methyl sites for hydroxylation is 1. The van der Waals surface area contributed by atoms with Crippen molar-refractivity contribution < 1.29 is 14.1 Å². The lowest BCUT2D eigenvalue weighted by Gasteiger charge is -2.17. The van der Waals surface area contributed by atoms with Gasteiger partial charge in [0.2, 0.25) is 5.91 Å². The lowest BCUT2D eigenvalue weighted by atomic mass is 10.2. The number of nitrogens with zero attached hydrogens (tertiary/aromatic N) is 2. The summed E-state index contributed by atoms with van der Waals surface area (Å²) in [6.45, 7) is 3.46. The molecular formula is C16H20N4O3. The van der Waals surface area contributed by atoms with Gasteiger partial charge in [-0.3, -0.25) is 9.59 Å². The Kier molecular flexibility index (Phi) is 4.27. The third-order valence-corrected chi connectivity index (χ3v) is 4.21. The molecule has 1 aliphatic carbocycles. The average molecular weight is 316 g/mol. The van der Waals surface area contributed by atoms with Gasteiger partial charge in [-0.25, -0.2) is 4.98 Å². The van der Waals surface area contributed by atoms with E-state index in [0.717, 1.165) is 25.7 Å². The Morgan fingerprint density at radius 1 is 1.35 bits per heavy atom. The van der Waals surface area contributed by atoms with Crippen LogP contribution < -0.4 is 10.6 Å². The van der Waals surface area contributed by atoms with Crippen molar-refractivity contribution in [2.75, 3.05) is 0 Å². The van der Waals surface area contributed by atoms with Crippen molar-refractivity contribution in [3.8, 4) is 0 Å². The molecule has 7 nitrogen and oxygen atoms in total. The van der Waals surface area contributed by atoms with Crippen LogP contribution in [0, 0.1) is 6.92 Å². The molecule has 1 atom stereocenters. The summed E-state index contributed by atoms with van der Waals surface area (Å²) in [5.74, 6) is -0.491. The van der Waals surface area contributed by atoms with Crippen LogP contribution in [0.2, 0.25) is 0 Å². The summed E-state index contributed by atoms with van der Waals surface area (Å²) in [6.07, 6.45) is 5.74. The van der Waals surface area contributed by atoms with Gasteiger partial charge in [-0.15, -0.1) is 0 Å². The minimum atomic E-state index is -0.595. The van der Waals surface area contributed by atoms with Crippen LogP contribution in [-0.4, -0.2) is 34.0 Å². The number of hydrogen-bond donors (Lipinski definition) is 2. The van der Waals surface area contributed by atoms with Crippen molar-refractivity contribution in [2.24, 2.45) is 0 Å². The van der Waals surface area contributed by atoms with Crippen LogP contribution in [0.1, 0.15) is 48.7 Å². The fourth-order valence-electron chi connectivity index (χ4n) is 2.81. The van der Waals surface area contributed by atoms with Gasteiger partial charge in [-0.2, -0.15) is 0 Å². The predicted molar refractivity (Wildman–Crippen MR) is 83.9 cm³/mol. The largest absolute Gasteiger partial charge is 0.352 e. The number of rotatable bonds is 4. The molecule has 0 aromatic carbocycles. The van der Waals surface area contributed by atoms with E-state index in [1.165, 1.54) is 6.20 Å². The number of carbonyl (C=O) groups excluding carboxylic acids is 2. The molecule has 0 bridgehead atoms. The summed E-state index contributed by atoms with van der Waals surface area (Å²) in [4.78, 5) is 28.5. The highest BCUT2D eigenvalue weighted by Crippen LogP contribution is 2.18. The van der Waals surface area contributed by atoms with E-state index in [4.69, 9.17) is 4.52 Å². The van der Waals surface area contributed by atoms with Gasteiger partial charge < -0.3 is 15.2 Å². The quantitative estimate of drug-likeness (QED) is 0.895. The van der Waals surface area contributed by atoms with E-state index in [1.54, 1.807) is 19.9 Å². The van der Waals surface area contributed by atoms with Gasteiger partial charge in [0.25, 0.3) is 11.6 Å². The molecule has 1 aliphatic rings. The van der Waals surface area contributed by atoms with E-state index < -0.39 is 6.04 Å². The highest BCUT2D eigenvalue weighted by atomic mass is 16.5. The number of aromatic nitrogens is 2. The average Bonchev–Trinajstić information content (AvgIpc) is 3.17. The molecule has 0 aliphatic heterocycles. The summed E-state index contributed by atoms with van der Waals surface area (Å²) in [7, 11) is 0. The van der Waals surface area contributed by atoms with Crippen LogP contribution >= 0.6 is 0 Å². The molecule has 2 aromatic rings. The second-order valence-corrected chi connectivity index (χ2v) is 6.03. The minimum Gasteiger partial charge on any atom is -0.352 e. The van der Waals surface area contributed by atoms with Gasteiger partial charge in [0.05, 0.1) is 16.6 Å². The standard InChI is InChI=1S/C16H20N4O3/c1-9-13-7-11(8-17-16(13)23-20-9)15(22)18-10(2)14(21)19-12-5-3-4-6-12/h7-8,10,12H,3-6H2,1-2H3,(H,18,22)(H,19,21)/t10-/m1/s1. The number of fused-ring (bicyclic) bond motifs is 1. The molecule has 2 amide bonds. The number of carbonyl (C=O) groups is 2. The minimum absolute atomic E-state index is 0.152. The molecule has 122 valence electrons. The van der Waals surface area contributed by atoms with Crippen LogP contribution in [-0.2, 0) is 4.79 Å². The summed E-state index contributed by atoms with van der Waals surface area (Å²) in [5, 5.41) is 10.2. The van der Waals surface area contributed by atoms with Gasteiger partial charge >= 0.3 is 0 Å². The zero-order valence-corrected chi connectivity index (χ0v) is 13.3. The maximum Gasteiger partial charge on any atom is 0.257 e. The second-order valence-electron chi connectivity index (χ2n) is 6.03. The number of amides is 2. The third kappa shape index (κ3) is 3.33. The molecule has 1 saturated carbocycles. The summed E-state index contributed by atoms with van der Waals surface area (Å²) >= 11 is 0. The molecule has 2 aromatic heterocycles. The predicted octanol–water partition coefficient (Wildman–Crippen LogP) is 1.71. The first-order chi connectivity index (χ1) is 11.0. The Morgan fingerprint density at radius 2 is 2.09 bits per heavy atom. The molecule has 2 heterocycles. The van der Waals surface area contributed by atoms with Crippen molar-refractivity contribution in [1.29, 1.82) is 0 Å². The zero-order chi connectivity index (χ0) is 16.4. The van der Waals surface area contributed by atoms with Crippen LogP contribution in [0.15, 0.2) is 16.8 Å². The molecule has 23 heavy (non-hydrogen) atoms. The SMILES string of the molecule is Cc1noc2ncc(C(=O)N[C@H](C)C(=O)NC3CCCC3)cc12. The monoisotopic (exact) mass is 316 g/mol. The summed E-state index contributed by atoms with van der Waals surface area (Å²) in [6, 6.07) is 1.31. The molecule has 0 saturated heterocycles.